The zero-order valence-electron chi connectivity index (χ0n) is 7.43. The van der Waals surface area contributed by atoms with Crippen LogP contribution in [0.15, 0.2) is 24.3 Å². The zero-order valence-corrected chi connectivity index (χ0v) is 7.43. The Labute approximate surface area is 80.7 Å². The van der Waals surface area contributed by atoms with Crippen molar-refractivity contribution in [2.45, 2.75) is 12.8 Å². The maximum atomic E-state index is 11.5. The first-order valence-electron chi connectivity index (χ1n) is 4.30. The molecule has 1 heterocycles. The predicted molar refractivity (Wildman–Crippen MR) is 50.7 cm³/mol. The fourth-order valence-corrected chi connectivity index (χ4v) is 1.63. The van der Waals surface area contributed by atoms with Gasteiger partial charge in [0.15, 0.2) is 5.71 Å². The van der Waals surface area contributed by atoms with Crippen molar-refractivity contribution in [1.29, 1.82) is 0 Å². The lowest BCUT2D eigenvalue weighted by Crippen LogP contribution is -2.12. The highest BCUT2D eigenvalue weighted by Crippen LogP contribution is 2.25. The molecule has 0 saturated carbocycles. The van der Waals surface area contributed by atoms with Crippen LogP contribution in [0.2, 0.25) is 0 Å². The average Bonchev–Trinajstić information content (AvgIpc) is 2.44. The van der Waals surface area contributed by atoms with Crippen molar-refractivity contribution in [3.63, 3.8) is 0 Å². The van der Waals surface area contributed by atoms with Crippen LogP contribution in [0.3, 0.4) is 0 Å². The van der Waals surface area contributed by atoms with Crippen LogP contribution in [0.5, 0.6) is 0 Å². The van der Waals surface area contributed by atoms with E-state index in [0.717, 1.165) is 10.3 Å². The highest BCUT2D eigenvalue weighted by Gasteiger charge is 2.26. The summed E-state index contributed by atoms with van der Waals surface area (Å²) in [5.41, 5.74) is 1.88. The first-order chi connectivity index (χ1) is 6.68. The summed E-state index contributed by atoms with van der Waals surface area (Å²) in [6, 6.07) is 7.16. The molecule has 0 aliphatic carbocycles. The second kappa shape index (κ2) is 3.14. The highest BCUT2D eigenvalue weighted by molar-refractivity contribution is 5.99. The molecule has 1 aliphatic rings. The summed E-state index contributed by atoms with van der Waals surface area (Å²) in [5.74, 6) is -0.964. The minimum Gasteiger partial charge on any atom is -0.618 e. The monoisotopic (exact) mass is 191 g/mol. The number of para-hydroxylation sites is 1. The molecule has 0 radical (unpaired) electrons. The Hall–Kier alpha value is -1.84. The molecule has 0 aromatic heterocycles. The second-order valence-electron chi connectivity index (χ2n) is 3.24. The molecule has 1 N–H and O–H groups in total. The Bertz CT molecular complexity index is 423. The Morgan fingerprint density at radius 3 is 2.86 bits per heavy atom. The first-order valence-corrected chi connectivity index (χ1v) is 4.30. The van der Waals surface area contributed by atoms with Gasteiger partial charge in [-0.25, -0.2) is 0 Å². The molecule has 0 atom stereocenters. The maximum absolute atomic E-state index is 11.5. The van der Waals surface area contributed by atoms with Gasteiger partial charge in [0.05, 0.1) is 6.42 Å². The molecule has 1 aromatic carbocycles. The molecule has 4 nitrogen and oxygen atoms in total. The summed E-state index contributed by atoms with van der Waals surface area (Å²) in [5, 5.41) is 20.1. The lowest BCUT2D eigenvalue weighted by molar-refractivity contribution is -0.358. The lowest BCUT2D eigenvalue weighted by Gasteiger charge is -2.00. The third kappa shape index (κ3) is 1.35. The van der Waals surface area contributed by atoms with E-state index < -0.39 is 5.97 Å². The van der Waals surface area contributed by atoms with Crippen LogP contribution in [-0.2, 0) is 11.2 Å². The van der Waals surface area contributed by atoms with E-state index in [2.05, 4.69) is 0 Å². The van der Waals surface area contributed by atoms with Gasteiger partial charge in [-0.1, -0.05) is 18.2 Å². The topological polar surface area (TPSA) is 63.4 Å². The number of aliphatic carboxylic acids is 1. The van der Waals surface area contributed by atoms with Crippen LogP contribution in [0.4, 0.5) is 5.69 Å². The molecular weight excluding hydrogens is 182 g/mol. The average molecular weight is 191 g/mol. The van der Waals surface area contributed by atoms with Gasteiger partial charge in [-0.05, 0) is 0 Å². The summed E-state index contributed by atoms with van der Waals surface area (Å²) in [7, 11) is 0. The molecule has 0 spiro atoms. The number of hydrogen-bond donors (Lipinski definition) is 1. The molecule has 0 amide bonds. The van der Waals surface area contributed by atoms with Crippen molar-refractivity contribution < 1.29 is 14.6 Å². The number of fused-ring (bicyclic) bond motifs is 1. The molecule has 1 aliphatic heterocycles. The van der Waals surface area contributed by atoms with Crippen LogP contribution in [0.25, 0.3) is 0 Å². The predicted octanol–water partition coefficient (Wildman–Crippen LogP) is 1.30. The molecule has 0 unspecified atom stereocenters. The number of carboxylic acids is 1. The normalized spacial score (nSPS) is 14.3. The van der Waals surface area contributed by atoms with E-state index in [1.807, 2.05) is 12.1 Å². The molecule has 4 heteroatoms. The van der Waals surface area contributed by atoms with E-state index >= 15 is 0 Å². The van der Waals surface area contributed by atoms with Crippen molar-refractivity contribution in [3.05, 3.63) is 35.0 Å². The quantitative estimate of drug-likeness (QED) is 0.566. The SMILES string of the molecule is O=C(O)CC1=[N+]([O-])c2ccccc2C1. The fourth-order valence-electron chi connectivity index (χ4n) is 1.63. The van der Waals surface area contributed by atoms with Gasteiger partial charge in [-0.2, -0.15) is 4.74 Å². The number of benzene rings is 1. The van der Waals surface area contributed by atoms with E-state index in [0.29, 0.717) is 17.8 Å². The smallest absolute Gasteiger partial charge is 0.313 e. The van der Waals surface area contributed by atoms with Gasteiger partial charge in [0.2, 0.25) is 5.69 Å². The zero-order chi connectivity index (χ0) is 10.1. The Morgan fingerprint density at radius 1 is 1.50 bits per heavy atom. The second-order valence-corrected chi connectivity index (χ2v) is 3.24. The summed E-state index contributed by atoms with van der Waals surface area (Å²) in [4.78, 5) is 10.5. The lowest BCUT2D eigenvalue weighted by atomic mass is 10.1. The summed E-state index contributed by atoms with van der Waals surface area (Å²) < 4.78 is 0.726. The number of rotatable bonds is 2. The van der Waals surface area contributed by atoms with Gasteiger partial charge in [0.1, 0.15) is 6.42 Å². The van der Waals surface area contributed by atoms with Crippen LogP contribution >= 0.6 is 0 Å². The van der Waals surface area contributed by atoms with E-state index in [1.54, 1.807) is 12.1 Å². The van der Waals surface area contributed by atoms with E-state index in [9.17, 15) is 10.0 Å². The van der Waals surface area contributed by atoms with E-state index in [1.165, 1.54) is 0 Å². The minimum atomic E-state index is -0.964. The third-order valence-corrected chi connectivity index (χ3v) is 2.25. The van der Waals surface area contributed by atoms with Gasteiger partial charge in [-0.3, -0.25) is 4.79 Å². The van der Waals surface area contributed by atoms with Crippen molar-refractivity contribution in [3.8, 4) is 0 Å². The number of carboxylic acid groups (broad SMARTS) is 1. The molecule has 14 heavy (non-hydrogen) atoms. The third-order valence-electron chi connectivity index (χ3n) is 2.25. The Morgan fingerprint density at radius 2 is 2.21 bits per heavy atom. The van der Waals surface area contributed by atoms with Crippen LogP contribution < -0.4 is 0 Å². The number of nitrogens with zero attached hydrogens (tertiary/aromatic N) is 1. The van der Waals surface area contributed by atoms with Crippen molar-refractivity contribution in [2.75, 3.05) is 0 Å². The van der Waals surface area contributed by atoms with Crippen molar-refractivity contribution in [2.24, 2.45) is 0 Å². The van der Waals surface area contributed by atoms with Gasteiger partial charge >= 0.3 is 5.97 Å². The standard InChI is InChI=1S/C10H9NO3/c12-10(13)6-8-5-7-3-1-2-4-9(7)11(8)14/h1-4H,5-6H2,(H,12,13). The van der Waals surface area contributed by atoms with Gasteiger partial charge in [0, 0.05) is 11.6 Å². The summed E-state index contributed by atoms with van der Waals surface area (Å²) in [6.45, 7) is 0. The molecule has 2 rings (SSSR count). The van der Waals surface area contributed by atoms with Gasteiger partial charge in [0.25, 0.3) is 0 Å². The minimum absolute atomic E-state index is 0.182. The van der Waals surface area contributed by atoms with Gasteiger partial charge in [-0.15, -0.1) is 0 Å². The Kier molecular flexibility index (Phi) is 1.96. The first kappa shape index (κ1) is 8.74. The number of hydrogen-bond acceptors (Lipinski definition) is 2. The molecule has 0 bridgehead atoms. The van der Waals surface area contributed by atoms with Crippen LogP contribution in [-0.4, -0.2) is 21.5 Å². The molecule has 0 fully saturated rings. The summed E-state index contributed by atoms with van der Waals surface area (Å²) >= 11 is 0. The molecule has 0 saturated heterocycles. The fraction of sp³-hybridized carbons (Fsp3) is 0.200. The molecular formula is C10H9NO3. The highest BCUT2D eigenvalue weighted by atomic mass is 16.5. The molecule has 1 aromatic rings. The largest absolute Gasteiger partial charge is 0.618 e. The van der Waals surface area contributed by atoms with Gasteiger partial charge < -0.3 is 10.3 Å². The van der Waals surface area contributed by atoms with Crippen LogP contribution in [0, 0.1) is 5.21 Å². The maximum Gasteiger partial charge on any atom is 0.313 e. The van der Waals surface area contributed by atoms with E-state index in [4.69, 9.17) is 5.11 Å². The van der Waals surface area contributed by atoms with Crippen molar-refractivity contribution >= 4 is 17.4 Å². The number of carbonyl (C=O) groups is 1. The van der Waals surface area contributed by atoms with E-state index in [-0.39, 0.29) is 6.42 Å². The Balaban J connectivity index is 2.34. The summed E-state index contributed by atoms with van der Waals surface area (Å²) in [6.07, 6.45) is 0.268. The van der Waals surface area contributed by atoms with Crippen LogP contribution in [0.1, 0.15) is 12.0 Å². The molecule has 72 valence electrons. The van der Waals surface area contributed by atoms with Crippen molar-refractivity contribution in [1.82, 2.24) is 0 Å².